The van der Waals surface area contributed by atoms with E-state index in [4.69, 9.17) is 0 Å². The third-order valence-electron chi connectivity index (χ3n) is 1.97. The molecule has 13 heavy (non-hydrogen) atoms. The van der Waals surface area contributed by atoms with E-state index in [2.05, 4.69) is 10.1 Å². The van der Waals surface area contributed by atoms with Crippen LogP contribution in [-0.4, -0.2) is 20.4 Å². The normalized spacial score (nSPS) is 10.6. The number of fused-ring (bicyclic) bond motifs is 1. The number of carbonyl (C=O) groups excluding carboxylic acids is 1. The molecule has 0 amide bonds. The maximum atomic E-state index is 11.2. The lowest BCUT2D eigenvalue weighted by Gasteiger charge is -1.98. The summed E-state index contributed by atoms with van der Waals surface area (Å²) < 4.78 is 1.71. The topological polar surface area (TPSA) is 47.3 Å². The van der Waals surface area contributed by atoms with Gasteiger partial charge in [-0.25, -0.2) is 9.50 Å². The van der Waals surface area contributed by atoms with Crippen molar-refractivity contribution in [3.05, 3.63) is 29.8 Å². The predicted molar refractivity (Wildman–Crippen MR) is 47.7 cm³/mol. The van der Waals surface area contributed by atoms with Crippen molar-refractivity contribution in [2.24, 2.45) is 0 Å². The van der Waals surface area contributed by atoms with Gasteiger partial charge in [0.05, 0.1) is 5.52 Å². The second-order valence-corrected chi connectivity index (χ2v) is 2.94. The Morgan fingerprint density at radius 2 is 2.23 bits per heavy atom. The lowest BCUT2D eigenvalue weighted by atomic mass is 10.3. The van der Waals surface area contributed by atoms with Crippen LogP contribution in [0, 0.1) is 6.92 Å². The largest absolute Gasteiger partial charge is 0.293 e. The standard InChI is InChI=1S/C9H9N3O/c1-6-3-4-8-9(7(2)13)10-5-11-12(6)8/h3-5H,1-2H3. The molecule has 66 valence electrons. The van der Waals surface area contributed by atoms with Crippen LogP contribution in [0.15, 0.2) is 18.5 Å². The van der Waals surface area contributed by atoms with Gasteiger partial charge in [-0.3, -0.25) is 4.79 Å². The number of hydrogen-bond donors (Lipinski definition) is 0. The Balaban J connectivity index is 2.84. The third-order valence-corrected chi connectivity index (χ3v) is 1.97. The Kier molecular flexibility index (Phi) is 1.62. The van der Waals surface area contributed by atoms with Crippen molar-refractivity contribution in [2.75, 3.05) is 0 Å². The second kappa shape index (κ2) is 2.65. The van der Waals surface area contributed by atoms with Gasteiger partial charge in [0.15, 0.2) is 5.78 Å². The van der Waals surface area contributed by atoms with E-state index in [9.17, 15) is 4.79 Å². The maximum Gasteiger partial charge on any atom is 0.180 e. The Hall–Kier alpha value is -1.71. The van der Waals surface area contributed by atoms with Crippen LogP contribution >= 0.6 is 0 Å². The van der Waals surface area contributed by atoms with Gasteiger partial charge in [0, 0.05) is 12.6 Å². The summed E-state index contributed by atoms with van der Waals surface area (Å²) in [7, 11) is 0. The minimum atomic E-state index is -0.0366. The average Bonchev–Trinajstić information content (AvgIpc) is 2.48. The lowest BCUT2D eigenvalue weighted by Crippen LogP contribution is -2.03. The van der Waals surface area contributed by atoms with Crippen LogP contribution in [0.1, 0.15) is 23.1 Å². The number of Topliss-reactive ketones (excluding diaryl/α,β-unsaturated/α-hetero) is 1. The summed E-state index contributed by atoms with van der Waals surface area (Å²) in [6.45, 7) is 3.44. The summed E-state index contributed by atoms with van der Waals surface area (Å²) in [4.78, 5) is 15.1. The summed E-state index contributed by atoms with van der Waals surface area (Å²) in [5.41, 5.74) is 2.25. The van der Waals surface area contributed by atoms with E-state index in [-0.39, 0.29) is 5.78 Å². The summed E-state index contributed by atoms with van der Waals surface area (Å²) >= 11 is 0. The smallest absolute Gasteiger partial charge is 0.180 e. The Morgan fingerprint density at radius 1 is 1.46 bits per heavy atom. The van der Waals surface area contributed by atoms with Crippen LogP contribution in [-0.2, 0) is 0 Å². The molecule has 0 aliphatic rings. The van der Waals surface area contributed by atoms with E-state index >= 15 is 0 Å². The van der Waals surface area contributed by atoms with E-state index in [1.165, 1.54) is 13.3 Å². The van der Waals surface area contributed by atoms with Gasteiger partial charge in [0.2, 0.25) is 0 Å². The van der Waals surface area contributed by atoms with Gasteiger partial charge in [-0.2, -0.15) is 5.10 Å². The molecule has 2 aromatic rings. The molecule has 0 atom stereocenters. The monoisotopic (exact) mass is 175 g/mol. The van der Waals surface area contributed by atoms with Gasteiger partial charge in [-0.05, 0) is 19.1 Å². The number of nitrogens with zero attached hydrogens (tertiary/aromatic N) is 3. The fourth-order valence-corrected chi connectivity index (χ4v) is 1.34. The zero-order valence-corrected chi connectivity index (χ0v) is 7.48. The number of carbonyl (C=O) groups is 1. The minimum absolute atomic E-state index is 0.0366. The summed E-state index contributed by atoms with van der Waals surface area (Å²) in [6, 6.07) is 3.77. The summed E-state index contributed by atoms with van der Waals surface area (Å²) in [5, 5.41) is 4.04. The summed E-state index contributed by atoms with van der Waals surface area (Å²) in [5.74, 6) is -0.0366. The van der Waals surface area contributed by atoms with Crippen molar-refractivity contribution in [1.29, 1.82) is 0 Å². The molecule has 0 N–H and O–H groups in total. The first-order valence-electron chi connectivity index (χ1n) is 4.00. The highest BCUT2D eigenvalue weighted by atomic mass is 16.1. The Labute approximate surface area is 75.2 Å². The molecule has 0 spiro atoms. The van der Waals surface area contributed by atoms with E-state index < -0.39 is 0 Å². The molecule has 2 rings (SSSR count). The van der Waals surface area contributed by atoms with Gasteiger partial charge in [0.25, 0.3) is 0 Å². The molecule has 4 heteroatoms. The van der Waals surface area contributed by atoms with Crippen molar-refractivity contribution >= 4 is 11.3 Å². The molecular weight excluding hydrogens is 166 g/mol. The van der Waals surface area contributed by atoms with Crippen LogP contribution in [0.4, 0.5) is 0 Å². The molecule has 0 unspecified atom stereocenters. The van der Waals surface area contributed by atoms with Crippen LogP contribution < -0.4 is 0 Å². The molecular formula is C9H9N3O. The number of rotatable bonds is 1. The molecule has 4 nitrogen and oxygen atoms in total. The van der Waals surface area contributed by atoms with E-state index in [0.717, 1.165) is 11.2 Å². The lowest BCUT2D eigenvalue weighted by molar-refractivity contribution is 0.101. The van der Waals surface area contributed by atoms with E-state index in [0.29, 0.717) is 5.69 Å². The van der Waals surface area contributed by atoms with E-state index in [1.54, 1.807) is 4.52 Å². The number of aryl methyl sites for hydroxylation is 1. The molecule has 0 bridgehead atoms. The second-order valence-electron chi connectivity index (χ2n) is 2.94. The molecule has 0 aromatic carbocycles. The molecule has 0 fully saturated rings. The Bertz CT molecular complexity index is 473. The van der Waals surface area contributed by atoms with Crippen molar-refractivity contribution < 1.29 is 4.79 Å². The molecule has 0 saturated carbocycles. The van der Waals surface area contributed by atoms with Gasteiger partial charge < -0.3 is 0 Å². The van der Waals surface area contributed by atoms with Gasteiger partial charge in [0.1, 0.15) is 12.0 Å². The SMILES string of the molecule is CC(=O)c1ncnn2c(C)ccc12. The van der Waals surface area contributed by atoms with Crippen molar-refractivity contribution in [2.45, 2.75) is 13.8 Å². The average molecular weight is 175 g/mol. The zero-order chi connectivity index (χ0) is 9.42. The van der Waals surface area contributed by atoms with Crippen LogP contribution in [0.5, 0.6) is 0 Å². The van der Waals surface area contributed by atoms with Gasteiger partial charge >= 0.3 is 0 Å². The maximum absolute atomic E-state index is 11.2. The number of hydrogen-bond acceptors (Lipinski definition) is 3. The molecule has 2 heterocycles. The van der Waals surface area contributed by atoms with Crippen LogP contribution in [0.25, 0.3) is 5.52 Å². The third kappa shape index (κ3) is 1.11. The summed E-state index contributed by atoms with van der Waals surface area (Å²) in [6.07, 6.45) is 1.40. The predicted octanol–water partition coefficient (Wildman–Crippen LogP) is 1.24. The minimum Gasteiger partial charge on any atom is -0.293 e. The zero-order valence-electron chi connectivity index (χ0n) is 7.48. The number of ketones is 1. The quantitative estimate of drug-likeness (QED) is 0.612. The highest BCUT2D eigenvalue weighted by Gasteiger charge is 2.08. The van der Waals surface area contributed by atoms with Gasteiger partial charge in [-0.1, -0.05) is 0 Å². The highest BCUT2D eigenvalue weighted by molar-refractivity contribution is 5.98. The Morgan fingerprint density at radius 3 is 2.92 bits per heavy atom. The fourth-order valence-electron chi connectivity index (χ4n) is 1.34. The first-order valence-corrected chi connectivity index (χ1v) is 4.00. The molecule has 2 aromatic heterocycles. The molecule has 0 radical (unpaired) electrons. The van der Waals surface area contributed by atoms with E-state index in [1.807, 2.05) is 19.1 Å². The van der Waals surface area contributed by atoms with Gasteiger partial charge in [-0.15, -0.1) is 0 Å². The molecule has 0 aliphatic carbocycles. The van der Waals surface area contributed by atoms with Crippen molar-refractivity contribution in [3.8, 4) is 0 Å². The first kappa shape index (κ1) is 7.91. The fraction of sp³-hybridized carbons (Fsp3) is 0.222. The molecule has 0 aliphatic heterocycles. The van der Waals surface area contributed by atoms with Crippen molar-refractivity contribution in [1.82, 2.24) is 14.6 Å². The first-order chi connectivity index (χ1) is 6.20. The number of aromatic nitrogens is 3. The van der Waals surface area contributed by atoms with Crippen molar-refractivity contribution in [3.63, 3.8) is 0 Å². The van der Waals surface area contributed by atoms with Crippen LogP contribution in [0.3, 0.4) is 0 Å². The molecule has 0 saturated heterocycles. The highest BCUT2D eigenvalue weighted by Crippen LogP contribution is 2.10. The van der Waals surface area contributed by atoms with Crippen LogP contribution in [0.2, 0.25) is 0 Å².